The highest BCUT2D eigenvalue weighted by Gasteiger charge is 2.16. The fraction of sp³-hybridized carbons (Fsp3) is 0. The summed E-state index contributed by atoms with van der Waals surface area (Å²) in [6.07, 6.45) is 0. The van der Waals surface area contributed by atoms with Gasteiger partial charge in [0.05, 0.1) is 0 Å². The highest BCUT2D eigenvalue weighted by atomic mass is 15.0. The number of hydrogen-bond donors (Lipinski definition) is 0. The fourth-order valence-corrected chi connectivity index (χ4v) is 7.77. The molecule has 3 heteroatoms. The van der Waals surface area contributed by atoms with Gasteiger partial charge in [0.2, 0.25) is 0 Å². The van der Waals surface area contributed by atoms with E-state index in [1.54, 1.807) is 0 Å². The lowest BCUT2D eigenvalue weighted by molar-refractivity contribution is 1.07. The summed E-state index contributed by atoms with van der Waals surface area (Å²) < 4.78 is 0. The van der Waals surface area contributed by atoms with E-state index in [1.807, 2.05) is 12.1 Å². The van der Waals surface area contributed by atoms with Crippen LogP contribution in [0.25, 0.3) is 101 Å². The molecule has 0 bridgehead atoms. The Morgan fingerprint density at radius 3 is 1.21 bits per heavy atom. The van der Waals surface area contributed by atoms with E-state index >= 15 is 0 Å². The van der Waals surface area contributed by atoms with Gasteiger partial charge in [-0.25, -0.2) is 15.0 Å². The highest BCUT2D eigenvalue weighted by molar-refractivity contribution is 5.98. The molecule has 0 aliphatic carbocycles. The molecule has 0 N–H and O–H groups in total. The van der Waals surface area contributed by atoms with Crippen LogP contribution in [0.15, 0.2) is 224 Å². The first-order valence-corrected chi connectivity index (χ1v) is 19.6. The lowest BCUT2D eigenvalue weighted by Crippen LogP contribution is -2.00. The third-order valence-electron chi connectivity index (χ3n) is 10.8. The Morgan fingerprint density at radius 2 is 0.603 bits per heavy atom. The third kappa shape index (κ3) is 6.98. The van der Waals surface area contributed by atoms with E-state index in [-0.39, 0.29) is 0 Å². The van der Waals surface area contributed by atoms with Gasteiger partial charge in [0.15, 0.2) is 17.5 Å². The molecule has 3 nitrogen and oxygen atoms in total. The van der Waals surface area contributed by atoms with Gasteiger partial charge in [-0.15, -0.1) is 0 Å². The summed E-state index contributed by atoms with van der Waals surface area (Å²) in [6, 6.07) is 79.0. The Morgan fingerprint density at radius 1 is 0.207 bits per heavy atom. The van der Waals surface area contributed by atoms with Crippen molar-refractivity contribution in [1.82, 2.24) is 15.0 Å². The molecule has 0 unspecified atom stereocenters. The number of benzene rings is 9. The van der Waals surface area contributed by atoms with Crippen molar-refractivity contribution in [2.75, 3.05) is 0 Å². The van der Waals surface area contributed by atoms with Gasteiger partial charge in [-0.1, -0.05) is 212 Å². The first-order chi connectivity index (χ1) is 28.7. The molecule has 0 aliphatic rings. The average molecular weight is 740 g/mol. The number of rotatable bonds is 8. The number of hydrogen-bond acceptors (Lipinski definition) is 3. The van der Waals surface area contributed by atoms with E-state index in [4.69, 9.17) is 15.0 Å². The Balaban J connectivity index is 1.08. The van der Waals surface area contributed by atoms with Crippen molar-refractivity contribution in [3.05, 3.63) is 224 Å². The van der Waals surface area contributed by atoms with E-state index in [2.05, 4.69) is 212 Å². The SMILES string of the molecule is c1ccc(-c2ccc(-c3nc(-c4ccc(-c5ccccc5)cc4)nc(-c4cccc(-c5ccc(-c6cccc7ccccc67)cc5-c5ccccc5)c4)n3)cc2)cc1. The van der Waals surface area contributed by atoms with Crippen molar-refractivity contribution in [1.29, 1.82) is 0 Å². The van der Waals surface area contributed by atoms with Crippen molar-refractivity contribution in [2.24, 2.45) is 0 Å². The zero-order chi connectivity index (χ0) is 38.7. The van der Waals surface area contributed by atoms with Crippen LogP contribution in [0.2, 0.25) is 0 Å². The Hall–Kier alpha value is -7.75. The van der Waals surface area contributed by atoms with Crippen LogP contribution in [-0.4, -0.2) is 15.0 Å². The molecule has 1 heterocycles. The number of fused-ring (bicyclic) bond motifs is 1. The van der Waals surface area contributed by atoms with E-state index < -0.39 is 0 Å². The van der Waals surface area contributed by atoms with Crippen molar-refractivity contribution in [3.63, 3.8) is 0 Å². The summed E-state index contributed by atoms with van der Waals surface area (Å²) in [6.45, 7) is 0. The summed E-state index contributed by atoms with van der Waals surface area (Å²) in [5, 5.41) is 2.47. The molecule has 10 aromatic rings. The molecular formula is C55H37N3. The van der Waals surface area contributed by atoms with Crippen LogP contribution >= 0.6 is 0 Å². The lowest BCUT2D eigenvalue weighted by Gasteiger charge is -2.15. The molecule has 0 radical (unpaired) electrons. The van der Waals surface area contributed by atoms with Crippen LogP contribution in [0.5, 0.6) is 0 Å². The molecule has 58 heavy (non-hydrogen) atoms. The minimum Gasteiger partial charge on any atom is -0.208 e. The van der Waals surface area contributed by atoms with Crippen molar-refractivity contribution < 1.29 is 0 Å². The largest absolute Gasteiger partial charge is 0.208 e. The molecule has 0 aliphatic heterocycles. The minimum absolute atomic E-state index is 0.620. The van der Waals surface area contributed by atoms with Crippen LogP contribution in [-0.2, 0) is 0 Å². The molecule has 272 valence electrons. The normalized spacial score (nSPS) is 11.1. The van der Waals surface area contributed by atoms with Crippen LogP contribution in [0, 0.1) is 0 Å². The molecule has 10 rings (SSSR count). The smallest absolute Gasteiger partial charge is 0.164 e. The van der Waals surface area contributed by atoms with Crippen molar-refractivity contribution in [2.45, 2.75) is 0 Å². The quantitative estimate of drug-likeness (QED) is 0.156. The van der Waals surface area contributed by atoms with E-state index in [0.29, 0.717) is 17.5 Å². The molecule has 1 aromatic heterocycles. The van der Waals surface area contributed by atoms with Crippen LogP contribution in [0.1, 0.15) is 0 Å². The van der Waals surface area contributed by atoms with Gasteiger partial charge in [0.25, 0.3) is 0 Å². The number of nitrogens with zero attached hydrogens (tertiary/aromatic N) is 3. The second kappa shape index (κ2) is 15.4. The number of aromatic nitrogens is 3. The maximum atomic E-state index is 5.14. The van der Waals surface area contributed by atoms with Crippen molar-refractivity contribution in [3.8, 4) is 89.8 Å². The molecule has 0 atom stereocenters. The van der Waals surface area contributed by atoms with E-state index in [0.717, 1.165) is 50.1 Å². The zero-order valence-corrected chi connectivity index (χ0v) is 31.7. The fourth-order valence-electron chi connectivity index (χ4n) is 7.77. The van der Waals surface area contributed by atoms with Crippen molar-refractivity contribution >= 4 is 10.8 Å². The summed E-state index contributed by atoms with van der Waals surface area (Å²) >= 11 is 0. The van der Waals surface area contributed by atoms with Gasteiger partial charge >= 0.3 is 0 Å². The topological polar surface area (TPSA) is 38.7 Å². The predicted octanol–water partition coefficient (Wildman–Crippen LogP) is 14.4. The minimum atomic E-state index is 0.620. The maximum absolute atomic E-state index is 5.14. The van der Waals surface area contributed by atoms with Crippen LogP contribution < -0.4 is 0 Å². The second-order valence-electron chi connectivity index (χ2n) is 14.4. The Kier molecular flexibility index (Phi) is 9.23. The molecule has 0 saturated heterocycles. The van der Waals surface area contributed by atoms with Crippen LogP contribution in [0.4, 0.5) is 0 Å². The van der Waals surface area contributed by atoms with Gasteiger partial charge in [-0.2, -0.15) is 0 Å². The first kappa shape index (κ1) is 34.7. The monoisotopic (exact) mass is 739 g/mol. The molecule has 9 aromatic carbocycles. The third-order valence-corrected chi connectivity index (χ3v) is 10.8. The van der Waals surface area contributed by atoms with Crippen LogP contribution in [0.3, 0.4) is 0 Å². The molecular weight excluding hydrogens is 703 g/mol. The second-order valence-corrected chi connectivity index (χ2v) is 14.4. The average Bonchev–Trinajstić information content (AvgIpc) is 3.32. The first-order valence-electron chi connectivity index (χ1n) is 19.6. The summed E-state index contributed by atoms with van der Waals surface area (Å²) in [5.74, 6) is 1.87. The van der Waals surface area contributed by atoms with Gasteiger partial charge in [-0.3, -0.25) is 0 Å². The lowest BCUT2D eigenvalue weighted by atomic mass is 9.89. The highest BCUT2D eigenvalue weighted by Crippen LogP contribution is 2.39. The summed E-state index contributed by atoms with van der Waals surface area (Å²) in [4.78, 5) is 15.4. The van der Waals surface area contributed by atoms with Gasteiger partial charge in [0, 0.05) is 16.7 Å². The van der Waals surface area contributed by atoms with Gasteiger partial charge < -0.3 is 0 Å². The summed E-state index contributed by atoms with van der Waals surface area (Å²) in [7, 11) is 0. The Labute approximate surface area is 338 Å². The van der Waals surface area contributed by atoms with E-state index in [9.17, 15) is 0 Å². The van der Waals surface area contributed by atoms with E-state index in [1.165, 1.54) is 33.0 Å². The zero-order valence-electron chi connectivity index (χ0n) is 31.7. The standard InChI is InChI=1S/C55H37N3/c1-4-14-38(15-5-1)40-26-30-44(31-27-40)53-56-54(45-32-28-41(29-33-45)39-16-6-2-7-17-39)58-55(57-53)48-23-12-22-46(36-48)51-35-34-47(37-52(51)43-18-8-3-9-19-43)50-25-13-21-42-20-10-11-24-49(42)50/h1-37H. The summed E-state index contributed by atoms with van der Waals surface area (Å²) in [5.41, 5.74) is 14.3. The molecule has 0 spiro atoms. The molecule has 0 amide bonds. The Bertz CT molecular complexity index is 2910. The predicted molar refractivity (Wildman–Crippen MR) is 241 cm³/mol. The molecule has 0 saturated carbocycles. The van der Waals surface area contributed by atoms with Gasteiger partial charge in [-0.05, 0) is 78.5 Å². The molecule has 0 fully saturated rings. The van der Waals surface area contributed by atoms with Gasteiger partial charge in [0.1, 0.15) is 0 Å². The maximum Gasteiger partial charge on any atom is 0.164 e.